The third-order valence-electron chi connectivity index (χ3n) is 3.13. The van der Waals surface area contributed by atoms with Gasteiger partial charge in [-0.2, -0.15) is 8.78 Å². The van der Waals surface area contributed by atoms with Crippen LogP contribution >= 0.6 is 11.3 Å². The minimum absolute atomic E-state index is 0.0790. The van der Waals surface area contributed by atoms with Crippen molar-refractivity contribution in [3.8, 4) is 5.75 Å². The number of ether oxygens (including phenoxy) is 1. The maximum absolute atomic E-state index is 12.5. The Kier molecular flexibility index (Phi) is 3.47. The van der Waals surface area contributed by atoms with E-state index < -0.39 is 12.6 Å². The number of aliphatic carboxylic acids is 1. The van der Waals surface area contributed by atoms with Crippen molar-refractivity contribution in [2.24, 2.45) is 0 Å². The fraction of sp³-hybridized carbons (Fsp3) is 0.133. The first-order valence-electron chi connectivity index (χ1n) is 6.16. The molecule has 0 saturated carbocycles. The van der Waals surface area contributed by atoms with E-state index in [1.165, 1.54) is 23.5 Å². The number of carboxylic acids is 1. The van der Waals surface area contributed by atoms with Crippen LogP contribution in [0, 0.1) is 0 Å². The van der Waals surface area contributed by atoms with Crippen LogP contribution in [0.2, 0.25) is 0 Å². The van der Waals surface area contributed by atoms with Crippen LogP contribution in [0.25, 0.3) is 20.2 Å². The molecule has 0 aliphatic rings. The maximum Gasteiger partial charge on any atom is 0.387 e. The van der Waals surface area contributed by atoms with Gasteiger partial charge in [-0.25, -0.2) is 0 Å². The molecule has 0 spiro atoms. The van der Waals surface area contributed by atoms with E-state index in [0.29, 0.717) is 15.6 Å². The summed E-state index contributed by atoms with van der Waals surface area (Å²) in [6.07, 6.45) is -0.161. The summed E-state index contributed by atoms with van der Waals surface area (Å²) in [5, 5.41) is 10.5. The standard InChI is InChI=1S/C15H10F2O3S/c16-15(17)20-10-6-5-8(7-12(18)19)13-9-3-1-2-4-11(9)21-14(10)13/h1-6,15H,7H2,(H,18,19). The molecule has 6 heteroatoms. The summed E-state index contributed by atoms with van der Waals surface area (Å²) in [6.45, 7) is -2.91. The first kappa shape index (κ1) is 13.8. The van der Waals surface area contributed by atoms with Crippen LogP contribution in [0.5, 0.6) is 5.75 Å². The summed E-state index contributed by atoms with van der Waals surface area (Å²) >= 11 is 1.32. The van der Waals surface area contributed by atoms with Gasteiger partial charge in [0.1, 0.15) is 5.75 Å². The lowest BCUT2D eigenvalue weighted by Crippen LogP contribution is -2.04. The Bertz CT molecular complexity index is 826. The Hall–Kier alpha value is -2.21. The van der Waals surface area contributed by atoms with Crippen LogP contribution in [0.3, 0.4) is 0 Å². The Morgan fingerprint density at radius 3 is 2.71 bits per heavy atom. The summed E-state index contributed by atoms with van der Waals surface area (Å²) < 4.78 is 31.0. The topological polar surface area (TPSA) is 46.5 Å². The van der Waals surface area contributed by atoms with Gasteiger partial charge in [-0.15, -0.1) is 11.3 Å². The summed E-state index contributed by atoms with van der Waals surface area (Å²) in [6, 6.07) is 10.3. The molecule has 3 aromatic rings. The molecule has 0 radical (unpaired) electrons. The first-order chi connectivity index (χ1) is 10.1. The number of rotatable bonds is 4. The van der Waals surface area contributed by atoms with Crippen molar-refractivity contribution in [3.05, 3.63) is 42.0 Å². The molecular weight excluding hydrogens is 298 g/mol. The van der Waals surface area contributed by atoms with Crippen molar-refractivity contribution in [3.63, 3.8) is 0 Å². The van der Waals surface area contributed by atoms with E-state index >= 15 is 0 Å². The highest BCUT2D eigenvalue weighted by Crippen LogP contribution is 2.41. The molecule has 0 fully saturated rings. The van der Waals surface area contributed by atoms with Crippen molar-refractivity contribution < 1.29 is 23.4 Å². The predicted molar refractivity (Wildman–Crippen MR) is 77.3 cm³/mol. The smallest absolute Gasteiger partial charge is 0.387 e. The third-order valence-corrected chi connectivity index (χ3v) is 4.32. The van der Waals surface area contributed by atoms with Gasteiger partial charge in [0.05, 0.1) is 11.1 Å². The van der Waals surface area contributed by atoms with E-state index in [9.17, 15) is 13.6 Å². The molecular formula is C15H10F2O3S. The fourth-order valence-electron chi connectivity index (χ4n) is 2.37. The monoisotopic (exact) mass is 308 g/mol. The molecule has 0 aliphatic carbocycles. The molecule has 0 bridgehead atoms. The van der Waals surface area contributed by atoms with Crippen molar-refractivity contribution in [2.45, 2.75) is 13.0 Å². The first-order valence-corrected chi connectivity index (χ1v) is 6.97. The molecule has 0 atom stereocenters. The van der Waals surface area contributed by atoms with Gasteiger partial charge in [-0.1, -0.05) is 24.3 Å². The zero-order valence-electron chi connectivity index (χ0n) is 10.7. The molecule has 1 N–H and O–H groups in total. The van der Waals surface area contributed by atoms with E-state index in [2.05, 4.69) is 4.74 Å². The molecule has 1 aromatic heterocycles. The van der Waals surface area contributed by atoms with Crippen molar-refractivity contribution >= 4 is 37.5 Å². The molecule has 3 nitrogen and oxygen atoms in total. The van der Waals surface area contributed by atoms with Crippen molar-refractivity contribution in [1.29, 1.82) is 0 Å². The lowest BCUT2D eigenvalue weighted by Gasteiger charge is -2.08. The zero-order chi connectivity index (χ0) is 15.0. The largest absolute Gasteiger partial charge is 0.481 e. The molecule has 1 heterocycles. The number of halogens is 2. The van der Waals surface area contributed by atoms with Gasteiger partial charge in [0, 0.05) is 15.5 Å². The predicted octanol–water partition coefficient (Wildman–Crippen LogP) is 4.28. The van der Waals surface area contributed by atoms with E-state index in [1.54, 1.807) is 0 Å². The summed E-state index contributed by atoms with van der Waals surface area (Å²) in [4.78, 5) is 11.0. The molecule has 0 saturated heterocycles. The molecule has 0 unspecified atom stereocenters. The van der Waals surface area contributed by atoms with E-state index in [0.717, 1.165) is 10.1 Å². The number of alkyl halides is 2. The molecule has 0 amide bonds. The van der Waals surface area contributed by atoms with Gasteiger partial charge in [0.15, 0.2) is 0 Å². The Morgan fingerprint density at radius 2 is 2.00 bits per heavy atom. The summed E-state index contributed by atoms with van der Waals surface area (Å²) in [7, 11) is 0. The lowest BCUT2D eigenvalue weighted by molar-refractivity contribution is -0.136. The van der Waals surface area contributed by atoms with E-state index in [1.807, 2.05) is 24.3 Å². The van der Waals surface area contributed by atoms with Gasteiger partial charge in [-0.05, 0) is 17.7 Å². The highest BCUT2D eigenvalue weighted by atomic mass is 32.1. The van der Waals surface area contributed by atoms with Crippen LogP contribution in [-0.2, 0) is 11.2 Å². The van der Waals surface area contributed by atoms with Gasteiger partial charge in [0.25, 0.3) is 0 Å². The second kappa shape index (κ2) is 5.29. The molecule has 21 heavy (non-hydrogen) atoms. The highest BCUT2D eigenvalue weighted by molar-refractivity contribution is 7.26. The SMILES string of the molecule is O=C(O)Cc1ccc(OC(F)F)c2sc3ccccc3c12. The quantitative estimate of drug-likeness (QED) is 0.782. The third kappa shape index (κ3) is 2.54. The molecule has 0 aliphatic heterocycles. The Morgan fingerprint density at radius 1 is 1.24 bits per heavy atom. The lowest BCUT2D eigenvalue weighted by atomic mass is 10.0. The minimum Gasteiger partial charge on any atom is -0.481 e. The molecule has 108 valence electrons. The van der Waals surface area contributed by atoms with Gasteiger partial charge < -0.3 is 9.84 Å². The Balaban J connectivity index is 2.32. The average molecular weight is 308 g/mol. The molecule has 3 rings (SSSR count). The van der Waals surface area contributed by atoms with Crippen LogP contribution in [0.1, 0.15) is 5.56 Å². The minimum atomic E-state index is -2.91. The number of carbonyl (C=O) groups is 1. The highest BCUT2D eigenvalue weighted by Gasteiger charge is 2.17. The summed E-state index contributed by atoms with van der Waals surface area (Å²) in [5.41, 5.74) is 0.594. The number of thiophene rings is 1. The van der Waals surface area contributed by atoms with Gasteiger partial charge >= 0.3 is 12.6 Å². The molecule has 2 aromatic carbocycles. The average Bonchev–Trinajstić information content (AvgIpc) is 2.80. The normalized spacial score (nSPS) is 11.4. The van der Waals surface area contributed by atoms with Crippen LogP contribution in [0.15, 0.2) is 36.4 Å². The van der Waals surface area contributed by atoms with Gasteiger partial charge in [-0.3, -0.25) is 4.79 Å². The number of carboxylic acid groups (broad SMARTS) is 1. The second-order valence-electron chi connectivity index (χ2n) is 4.47. The van der Waals surface area contributed by atoms with E-state index in [4.69, 9.17) is 5.11 Å². The number of fused-ring (bicyclic) bond motifs is 3. The number of hydrogen-bond acceptors (Lipinski definition) is 3. The number of hydrogen-bond donors (Lipinski definition) is 1. The van der Waals surface area contributed by atoms with Gasteiger partial charge in [0.2, 0.25) is 0 Å². The zero-order valence-corrected chi connectivity index (χ0v) is 11.5. The van der Waals surface area contributed by atoms with E-state index in [-0.39, 0.29) is 12.2 Å². The van der Waals surface area contributed by atoms with Crippen LogP contribution in [0.4, 0.5) is 8.78 Å². The number of benzene rings is 2. The second-order valence-corrected chi connectivity index (χ2v) is 5.53. The van der Waals surface area contributed by atoms with Crippen LogP contribution in [-0.4, -0.2) is 17.7 Å². The fourth-order valence-corrected chi connectivity index (χ4v) is 3.58. The Labute approximate surface area is 122 Å². The van der Waals surface area contributed by atoms with Crippen molar-refractivity contribution in [2.75, 3.05) is 0 Å². The van der Waals surface area contributed by atoms with Crippen molar-refractivity contribution in [1.82, 2.24) is 0 Å². The summed E-state index contributed by atoms with van der Waals surface area (Å²) in [5.74, 6) is -0.885. The maximum atomic E-state index is 12.5. The van der Waals surface area contributed by atoms with Crippen LogP contribution < -0.4 is 4.74 Å².